The van der Waals surface area contributed by atoms with Gasteiger partial charge in [0, 0.05) is 12.7 Å². The van der Waals surface area contributed by atoms with E-state index in [0.29, 0.717) is 18.2 Å². The largest absolute Gasteiger partial charge is 0.308 e. The van der Waals surface area contributed by atoms with E-state index < -0.39 is 0 Å². The smallest absolute Gasteiger partial charge is 0.231 e. The van der Waals surface area contributed by atoms with Crippen LogP contribution in [-0.4, -0.2) is 16.5 Å². The van der Waals surface area contributed by atoms with Crippen LogP contribution in [0.2, 0.25) is 0 Å². The molecule has 1 heterocycles. The molecule has 1 aromatic heterocycles. The van der Waals surface area contributed by atoms with E-state index in [4.69, 9.17) is 5.26 Å². The Labute approximate surface area is 104 Å². The van der Waals surface area contributed by atoms with Crippen LogP contribution in [0.25, 0.3) is 0 Å². The van der Waals surface area contributed by atoms with Crippen LogP contribution in [0.3, 0.4) is 0 Å². The molecule has 0 amide bonds. The molecule has 0 fully saturated rings. The fourth-order valence-electron chi connectivity index (χ4n) is 1.63. The molecule has 1 aromatic carbocycles. The van der Waals surface area contributed by atoms with Crippen LogP contribution in [0.5, 0.6) is 0 Å². The Morgan fingerprint density at radius 2 is 2.11 bits per heavy atom. The van der Waals surface area contributed by atoms with Crippen molar-refractivity contribution < 1.29 is 4.39 Å². The summed E-state index contributed by atoms with van der Waals surface area (Å²) < 4.78 is 13.7. The quantitative estimate of drug-likeness (QED) is 0.830. The van der Waals surface area contributed by atoms with Crippen molar-refractivity contribution in [1.82, 2.24) is 9.97 Å². The number of nitriles is 1. The molecule has 0 bridgehead atoms. The molecule has 0 aliphatic rings. The number of nitrogens with zero attached hydrogens (tertiary/aromatic N) is 4. The van der Waals surface area contributed by atoms with Crippen LogP contribution in [0.4, 0.5) is 16.0 Å². The van der Waals surface area contributed by atoms with E-state index in [-0.39, 0.29) is 11.5 Å². The van der Waals surface area contributed by atoms with Gasteiger partial charge < -0.3 is 4.90 Å². The predicted octanol–water partition coefficient (Wildman–Crippen LogP) is 2.65. The highest BCUT2D eigenvalue weighted by Gasteiger charge is 2.14. The molecule has 18 heavy (non-hydrogen) atoms. The molecule has 0 aliphatic carbocycles. The lowest BCUT2D eigenvalue weighted by atomic mass is 10.3. The van der Waals surface area contributed by atoms with E-state index in [1.165, 1.54) is 18.3 Å². The third-order valence-corrected chi connectivity index (χ3v) is 2.46. The Balaban J connectivity index is 2.46. The molecule has 0 N–H and O–H groups in total. The maximum Gasteiger partial charge on any atom is 0.231 e. The van der Waals surface area contributed by atoms with E-state index in [1.54, 1.807) is 23.1 Å². The number of hydrogen-bond acceptors (Lipinski definition) is 4. The number of para-hydroxylation sites is 1. The Morgan fingerprint density at radius 1 is 1.33 bits per heavy atom. The molecule has 2 aromatic rings. The fraction of sp³-hybridized carbons (Fsp3) is 0.154. The van der Waals surface area contributed by atoms with Gasteiger partial charge in [-0.3, -0.25) is 0 Å². The zero-order chi connectivity index (χ0) is 13.0. The van der Waals surface area contributed by atoms with Crippen LogP contribution in [0.15, 0.2) is 36.5 Å². The van der Waals surface area contributed by atoms with Gasteiger partial charge in [0.15, 0.2) is 0 Å². The van der Waals surface area contributed by atoms with Crippen LogP contribution in [0, 0.1) is 17.1 Å². The Kier molecular flexibility index (Phi) is 3.49. The summed E-state index contributed by atoms with van der Waals surface area (Å²) in [7, 11) is 0. The van der Waals surface area contributed by atoms with Gasteiger partial charge in [-0.2, -0.15) is 5.26 Å². The third-order valence-electron chi connectivity index (χ3n) is 2.46. The molecular formula is C13H11FN4. The van der Waals surface area contributed by atoms with Crippen LogP contribution in [-0.2, 0) is 0 Å². The zero-order valence-corrected chi connectivity index (χ0v) is 9.84. The Hall–Kier alpha value is -2.48. The van der Waals surface area contributed by atoms with Crippen molar-refractivity contribution in [1.29, 1.82) is 5.26 Å². The molecule has 0 saturated heterocycles. The van der Waals surface area contributed by atoms with Gasteiger partial charge in [0.25, 0.3) is 0 Å². The molecule has 0 aliphatic heterocycles. The summed E-state index contributed by atoms with van der Waals surface area (Å²) in [5, 5.41) is 8.81. The van der Waals surface area contributed by atoms with Crippen LogP contribution >= 0.6 is 0 Å². The number of hydrogen-bond donors (Lipinski definition) is 0. The minimum absolute atomic E-state index is 0.259. The average molecular weight is 242 g/mol. The van der Waals surface area contributed by atoms with E-state index in [1.807, 2.05) is 13.0 Å². The molecule has 5 heteroatoms. The molecule has 2 rings (SSSR count). The number of benzene rings is 1. The summed E-state index contributed by atoms with van der Waals surface area (Å²) in [6.07, 6.45) is 1.49. The summed E-state index contributed by atoms with van der Waals surface area (Å²) in [5.41, 5.74) is 0.657. The molecule has 0 spiro atoms. The second kappa shape index (κ2) is 5.23. The highest BCUT2D eigenvalue weighted by molar-refractivity contribution is 5.57. The van der Waals surface area contributed by atoms with Crippen LogP contribution in [0.1, 0.15) is 12.6 Å². The Bertz CT molecular complexity index is 592. The van der Waals surface area contributed by atoms with Crippen molar-refractivity contribution in [2.75, 3.05) is 11.4 Å². The van der Waals surface area contributed by atoms with Crippen LogP contribution < -0.4 is 4.90 Å². The minimum Gasteiger partial charge on any atom is -0.308 e. The van der Waals surface area contributed by atoms with Crippen molar-refractivity contribution >= 4 is 11.6 Å². The number of rotatable bonds is 3. The number of anilines is 2. The van der Waals surface area contributed by atoms with Gasteiger partial charge in [0.1, 0.15) is 17.6 Å². The van der Waals surface area contributed by atoms with Gasteiger partial charge in [0.2, 0.25) is 5.95 Å². The zero-order valence-electron chi connectivity index (χ0n) is 9.84. The molecule has 0 atom stereocenters. The van der Waals surface area contributed by atoms with Gasteiger partial charge in [-0.1, -0.05) is 12.1 Å². The monoisotopic (exact) mass is 242 g/mol. The first-order valence-corrected chi connectivity index (χ1v) is 5.51. The maximum atomic E-state index is 13.7. The molecule has 0 unspecified atom stereocenters. The van der Waals surface area contributed by atoms with E-state index in [2.05, 4.69) is 9.97 Å². The molecule has 4 nitrogen and oxygen atoms in total. The lowest BCUT2D eigenvalue weighted by Gasteiger charge is -2.21. The number of halogens is 1. The molecule has 90 valence electrons. The molecular weight excluding hydrogens is 231 g/mol. The average Bonchev–Trinajstić information content (AvgIpc) is 2.42. The first-order chi connectivity index (χ1) is 8.76. The SMILES string of the molecule is CCN(c1nccc(C#N)n1)c1ccccc1F. The summed E-state index contributed by atoms with van der Waals surface area (Å²) in [6, 6.07) is 9.86. The minimum atomic E-state index is -0.342. The van der Waals surface area contributed by atoms with Crippen molar-refractivity contribution in [2.45, 2.75) is 6.92 Å². The Morgan fingerprint density at radius 3 is 2.78 bits per heavy atom. The van der Waals surface area contributed by atoms with Crippen molar-refractivity contribution in [3.8, 4) is 6.07 Å². The summed E-state index contributed by atoms with van der Waals surface area (Å²) >= 11 is 0. The van der Waals surface area contributed by atoms with Gasteiger partial charge in [-0.15, -0.1) is 0 Å². The lowest BCUT2D eigenvalue weighted by molar-refractivity contribution is 0.624. The van der Waals surface area contributed by atoms with Gasteiger partial charge in [-0.25, -0.2) is 14.4 Å². The summed E-state index contributed by atoms with van der Waals surface area (Å²) in [6.45, 7) is 2.38. The highest BCUT2D eigenvalue weighted by atomic mass is 19.1. The second-order valence-corrected chi connectivity index (χ2v) is 3.55. The third kappa shape index (κ3) is 2.28. The molecule has 0 saturated carbocycles. The van der Waals surface area contributed by atoms with Gasteiger partial charge in [-0.05, 0) is 25.1 Å². The first-order valence-electron chi connectivity index (χ1n) is 5.51. The lowest BCUT2D eigenvalue weighted by Crippen LogP contribution is -2.20. The van der Waals surface area contributed by atoms with E-state index in [9.17, 15) is 4.39 Å². The fourth-order valence-corrected chi connectivity index (χ4v) is 1.63. The second-order valence-electron chi connectivity index (χ2n) is 3.55. The number of aromatic nitrogens is 2. The van der Waals surface area contributed by atoms with Gasteiger partial charge in [0.05, 0.1) is 5.69 Å². The topological polar surface area (TPSA) is 52.8 Å². The summed E-state index contributed by atoms with van der Waals surface area (Å²) in [4.78, 5) is 9.76. The van der Waals surface area contributed by atoms with Crippen molar-refractivity contribution in [3.63, 3.8) is 0 Å². The summed E-state index contributed by atoms with van der Waals surface area (Å²) in [5.74, 6) is -0.0213. The standard InChI is InChI=1S/C13H11FN4/c1-2-18(12-6-4-3-5-11(12)14)13-16-8-7-10(9-15)17-13/h3-8H,2H2,1H3. The normalized spacial score (nSPS) is 9.83. The highest BCUT2D eigenvalue weighted by Crippen LogP contribution is 2.24. The van der Waals surface area contributed by atoms with Gasteiger partial charge >= 0.3 is 0 Å². The van der Waals surface area contributed by atoms with E-state index >= 15 is 0 Å². The van der Waals surface area contributed by atoms with Crippen molar-refractivity contribution in [3.05, 3.63) is 48.0 Å². The van der Waals surface area contributed by atoms with Crippen molar-refractivity contribution in [2.24, 2.45) is 0 Å². The maximum absolute atomic E-state index is 13.7. The van der Waals surface area contributed by atoms with E-state index in [0.717, 1.165) is 0 Å². The molecule has 0 radical (unpaired) electrons. The predicted molar refractivity (Wildman–Crippen MR) is 65.8 cm³/mol. The first kappa shape index (κ1) is 12.0.